The van der Waals surface area contributed by atoms with E-state index in [0.717, 1.165) is 29.0 Å². The van der Waals surface area contributed by atoms with Crippen LogP contribution in [0.15, 0.2) is 53.7 Å². The molecule has 0 aromatic heterocycles. The third kappa shape index (κ3) is 4.04. The highest BCUT2D eigenvalue weighted by atomic mass is 16.6. The first-order valence-electron chi connectivity index (χ1n) is 8.84. The fourth-order valence-electron chi connectivity index (χ4n) is 2.96. The first kappa shape index (κ1) is 18.0. The molecule has 2 unspecified atom stereocenters. The highest BCUT2D eigenvalue weighted by Gasteiger charge is 2.30. The van der Waals surface area contributed by atoms with E-state index >= 15 is 0 Å². The van der Waals surface area contributed by atoms with E-state index in [1.54, 1.807) is 7.11 Å². The molecule has 0 bridgehead atoms. The van der Waals surface area contributed by atoms with Crippen LogP contribution in [0.25, 0.3) is 0 Å². The zero-order valence-corrected chi connectivity index (χ0v) is 15.4. The minimum atomic E-state index is -0.591. The second-order valence-electron chi connectivity index (χ2n) is 6.44. The van der Waals surface area contributed by atoms with Gasteiger partial charge in [-0.15, -0.1) is 0 Å². The topological polar surface area (TPSA) is 59.9 Å². The summed E-state index contributed by atoms with van der Waals surface area (Å²) in [5, 5.41) is 7.17. The van der Waals surface area contributed by atoms with Crippen molar-refractivity contribution < 1.29 is 14.4 Å². The molecule has 0 saturated carbocycles. The van der Waals surface area contributed by atoms with Gasteiger partial charge in [-0.1, -0.05) is 41.9 Å². The minimum absolute atomic E-state index is 0.0308. The molecule has 3 rings (SSSR count). The molecule has 0 radical (unpaired) electrons. The summed E-state index contributed by atoms with van der Waals surface area (Å²) in [5.41, 5.74) is 4.01. The fourth-order valence-corrected chi connectivity index (χ4v) is 2.96. The lowest BCUT2D eigenvalue weighted by Crippen LogP contribution is -2.37. The summed E-state index contributed by atoms with van der Waals surface area (Å²) < 4.78 is 5.16. The summed E-state index contributed by atoms with van der Waals surface area (Å²) in [7, 11) is 1.63. The predicted octanol–water partition coefficient (Wildman–Crippen LogP) is 3.76. The molecule has 0 fully saturated rings. The molecule has 0 saturated heterocycles. The van der Waals surface area contributed by atoms with E-state index in [1.807, 2.05) is 31.2 Å². The van der Waals surface area contributed by atoms with Crippen molar-refractivity contribution in [2.24, 2.45) is 5.16 Å². The Kier molecular flexibility index (Phi) is 5.56. The average molecular weight is 352 g/mol. The molecule has 5 nitrogen and oxygen atoms in total. The number of nitrogens with zero attached hydrogens (tertiary/aromatic N) is 1. The highest BCUT2D eigenvalue weighted by molar-refractivity contribution is 6.04. The van der Waals surface area contributed by atoms with E-state index in [0.29, 0.717) is 6.42 Å². The predicted molar refractivity (Wildman–Crippen MR) is 101 cm³/mol. The maximum atomic E-state index is 12.6. The first-order valence-corrected chi connectivity index (χ1v) is 8.84. The van der Waals surface area contributed by atoms with E-state index in [9.17, 15) is 4.79 Å². The first-order chi connectivity index (χ1) is 12.6. The van der Waals surface area contributed by atoms with Gasteiger partial charge in [-0.2, -0.15) is 0 Å². The molecule has 1 N–H and O–H groups in total. The van der Waals surface area contributed by atoms with Crippen LogP contribution in [0.3, 0.4) is 0 Å². The number of aryl methyl sites for hydroxylation is 1. The Hall–Kier alpha value is -2.82. The molecule has 1 aliphatic heterocycles. The fraction of sp³-hybridized carbons (Fsp3) is 0.333. The summed E-state index contributed by atoms with van der Waals surface area (Å²) in [6, 6.07) is 15.8. The van der Waals surface area contributed by atoms with Crippen molar-refractivity contribution in [3.05, 3.63) is 65.2 Å². The number of benzene rings is 2. The molecule has 0 aliphatic carbocycles. The van der Waals surface area contributed by atoms with E-state index in [4.69, 9.17) is 9.57 Å². The molecule has 2 atom stereocenters. The van der Waals surface area contributed by atoms with Crippen LogP contribution in [-0.4, -0.2) is 24.8 Å². The number of ether oxygens (including phenoxy) is 1. The normalized spacial score (nSPS) is 17.2. The molecule has 5 heteroatoms. The van der Waals surface area contributed by atoms with Crippen LogP contribution in [-0.2, 0) is 9.63 Å². The largest absolute Gasteiger partial charge is 0.497 e. The molecule has 26 heavy (non-hydrogen) atoms. The van der Waals surface area contributed by atoms with Crippen molar-refractivity contribution in [3.63, 3.8) is 0 Å². The molecule has 1 aliphatic rings. The summed E-state index contributed by atoms with van der Waals surface area (Å²) >= 11 is 0. The highest BCUT2D eigenvalue weighted by Crippen LogP contribution is 2.22. The quantitative estimate of drug-likeness (QED) is 0.861. The zero-order chi connectivity index (χ0) is 18.5. The number of methoxy groups -OCH3 is 1. The maximum absolute atomic E-state index is 12.6. The lowest BCUT2D eigenvalue weighted by atomic mass is 10.0. The van der Waals surface area contributed by atoms with Gasteiger partial charge >= 0.3 is 0 Å². The summed E-state index contributed by atoms with van der Waals surface area (Å²) in [4.78, 5) is 18.0. The van der Waals surface area contributed by atoms with E-state index in [-0.39, 0.29) is 11.9 Å². The summed E-state index contributed by atoms with van der Waals surface area (Å²) in [5.74, 6) is 0.649. The Morgan fingerprint density at radius 3 is 2.54 bits per heavy atom. The SMILES string of the molecule is CCC(NC(=O)C1CC(c2ccc(OC)cc2)=NO1)c1ccc(C)cc1. The second-order valence-corrected chi connectivity index (χ2v) is 6.44. The molecule has 2 aromatic rings. The van der Waals surface area contributed by atoms with E-state index in [1.165, 1.54) is 5.56 Å². The van der Waals surface area contributed by atoms with Crippen molar-refractivity contribution in [2.75, 3.05) is 7.11 Å². The van der Waals surface area contributed by atoms with Gasteiger partial charge in [0.1, 0.15) is 5.75 Å². The van der Waals surface area contributed by atoms with Crippen molar-refractivity contribution in [1.29, 1.82) is 0 Å². The number of carbonyl (C=O) groups is 1. The van der Waals surface area contributed by atoms with Crippen LogP contribution in [0.5, 0.6) is 5.75 Å². The minimum Gasteiger partial charge on any atom is -0.497 e. The number of amides is 1. The molecule has 0 spiro atoms. The Balaban J connectivity index is 1.61. The van der Waals surface area contributed by atoms with Crippen molar-refractivity contribution in [1.82, 2.24) is 5.32 Å². The number of hydrogen-bond donors (Lipinski definition) is 1. The smallest absolute Gasteiger partial charge is 0.264 e. The molecule has 2 aromatic carbocycles. The van der Waals surface area contributed by atoms with E-state index < -0.39 is 6.10 Å². The third-order valence-corrected chi connectivity index (χ3v) is 4.59. The lowest BCUT2D eigenvalue weighted by Gasteiger charge is -2.19. The summed E-state index contributed by atoms with van der Waals surface area (Å²) in [6.07, 6.45) is 0.683. The molecular formula is C21H24N2O3. The Morgan fingerprint density at radius 1 is 1.23 bits per heavy atom. The summed E-state index contributed by atoms with van der Waals surface area (Å²) in [6.45, 7) is 4.10. The van der Waals surface area contributed by atoms with Crippen molar-refractivity contribution in [3.8, 4) is 5.75 Å². The van der Waals surface area contributed by atoms with Gasteiger partial charge in [0.2, 0.25) is 6.10 Å². The van der Waals surface area contributed by atoms with Crippen LogP contribution in [0.1, 0.15) is 42.5 Å². The average Bonchev–Trinajstić information content (AvgIpc) is 3.17. The maximum Gasteiger partial charge on any atom is 0.264 e. The van der Waals surface area contributed by atoms with Gasteiger partial charge in [-0.3, -0.25) is 4.79 Å². The number of hydrogen-bond acceptors (Lipinski definition) is 4. The molecular weight excluding hydrogens is 328 g/mol. The van der Waals surface area contributed by atoms with Gasteiger partial charge in [0.15, 0.2) is 0 Å². The monoisotopic (exact) mass is 352 g/mol. The van der Waals surface area contributed by atoms with Crippen molar-refractivity contribution >= 4 is 11.6 Å². The Bertz CT molecular complexity index is 782. The van der Waals surface area contributed by atoms with Gasteiger partial charge in [0, 0.05) is 6.42 Å². The molecule has 1 heterocycles. The number of rotatable bonds is 6. The van der Waals surface area contributed by atoms with Crippen molar-refractivity contribution in [2.45, 2.75) is 38.8 Å². The lowest BCUT2D eigenvalue weighted by molar-refractivity contribution is -0.132. The number of oxime groups is 1. The standard InChI is InChI=1S/C21H24N2O3/c1-4-18(15-7-5-14(2)6-8-15)22-21(24)20-13-19(23-26-20)16-9-11-17(25-3)12-10-16/h5-12,18,20H,4,13H2,1-3H3,(H,22,24). The van der Waals surface area contributed by atoms with Gasteiger partial charge in [0.25, 0.3) is 5.91 Å². The molecule has 136 valence electrons. The Labute approximate surface area is 154 Å². The second kappa shape index (κ2) is 8.04. The van der Waals surface area contributed by atoms with Crippen LogP contribution in [0, 0.1) is 6.92 Å². The number of carbonyl (C=O) groups excluding carboxylic acids is 1. The Morgan fingerprint density at radius 2 is 1.92 bits per heavy atom. The third-order valence-electron chi connectivity index (χ3n) is 4.59. The van der Waals surface area contributed by atoms with Crippen LogP contribution in [0.4, 0.5) is 0 Å². The van der Waals surface area contributed by atoms with Gasteiger partial charge in [-0.05, 0) is 48.7 Å². The van der Waals surface area contributed by atoms with Gasteiger partial charge in [0.05, 0.1) is 18.9 Å². The van der Waals surface area contributed by atoms with Gasteiger partial charge in [-0.25, -0.2) is 0 Å². The van der Waals surface area contributed by atoms with Crippen LogP contribution in [0.2, 0.25) is 0 Å². The van der Waals surface area contributed by atoms with E-state index in [2.05, 4.69) is 41.7 Å². The number of nitrogens with one attached hydrogen (secondary N) is 1. The van der Waals surface area contributed by atoms with Crippen LogP contribution >= 0.6 is 0 Å². The zero-order valence-electron chi connectivity index (χ0n) is 15.4. The van der Waals surface area contributed by atoms with Crippen LogP contribution < -0.4 is 10.1 Å². The molecule has 1 amide bonds. The van der Waals surface area contributed by atoms with Gasteiger partial charge < -0.3 is 14.9 Å².